The van der Waals surface area contributed by atoms with Crippen molar-refractivity contribution in [2.24, 2.45) is 0 Å². The Kier molecular flexibility index (Phi) is 6.09. The molecule has 28 heavy (non-hydrogen) atoms. The highest BCUT2D eigenvalue weighted by Gasteiger charge is 2.36. The standard InChI is InChI=1S/C21H24O7/c1-11(2)9-17(25)28-16(7-8-21(3,4)27)12-10-15(24)18-13(22)5-6-14(23)19(18)20(12)26/h5-6,9-10,16,22-23,27H,7-8H2,1-4H3. The molecular formula is C21H24O7. The molecule has 0 saturated carbocycles. The molecule has 150 valence electrons. The van der Waals surface area contributed by atoms with Crippen LogP contribution in [0.2, 0.25) is 0 Å². The molecule has 1 aliphatic rings. The molecule has 0 aromatic heterocycles. The molecule has 0 amide bonds. The fraction of sp³-hybridized carbons (Fsp3) is 0.381. The number of rotatable bonds is 6. The van der Waals surface area contributed by atoms with Gasteiger partial charge in [0.1, 0.15) is 17.6 Å². The second kappa shape index (κ2) is 7.98. The lowest BCUT2D eigenvalue weighted by atomic mass is 9.84. The van der Waals surface area contributed by atoms with Gasteiger partial charge in [0, 0.05) is 11.6 Å². The van der Waals surface area contributed by atoms with E-state index in [2.05, 4.69) is 0 Å². The van der Waals surface area contributed by atoms with Gasteiger partial charge in [-0.05, 0) is 58.7 Å². The number of carbonyl (C=O) groups excluding carboxylic acids is 3. The summed E-state index contributed by atoms with van der Waals surface area (Å²) in [7, 11) is 0. The Labute approximate surface area is 163 Å². The minimum absolute atomic E-state index is 0.0889. The number of aromatic hydroxyl groups is 2. The van der Waals surface area contributed by atoms with Crippen molar-refractivity contribution in [2.45, 2.75) is 52.2 Å². The predicted molar refractivity (Wildman–Crippen MR) is 101 cm³/mol. The second-order valence-electron chi connectivity index (χ2n) is 7.65. The summed E-state index contributed by atoms with van der Waals surface area (Å²) in [4.78, 5) is 37.5. The number of esters is 1. The number of allylic oxidation sites excluding steroid dienone is 2. The fourth-order valence-corrected chi connectivity index (χ4v) is 2.89. The molecule has 7 nitrogen and oxygen atoms in total. The highest BCUT2D eigenvalue weighted by molar-refractivity contribution is 6.27. The molecular weight excluding hydrogens is 364 g/mol. The average molecular weight is 388 g/mol. The Morgan fingerprint density at radius 2 is 1.71 bits per heavy atom. The molecule has 0 fully saturated rings. The topological polar surface area (TPSA) is 121 Å². The first-order chi connectivity index (χ1) is 12.9. The Bertz CT molecular complexity index is 881. The number of phenols is 2. The van der Waals surface area contributed by atoms with Gasteiger partial charge in [0.05, 0.1) is 16.7 Å². The van der Waals surface area contributed by atoms with E-state index in [1.807, 2.05) is 0 Å². The lowest BCUT2D eigenvalue weighted by Gasteiger charge is -2.26. The first-order valence-corrected chi connectivity index (χ1v) is 8.84. The number of carbonyl (C=O) groups is 3. The number of Topliss-reactive ketones (excluding diaryl/α,β-unsaturated/α-hetero) is 1. The van der Waals surface area contributed by atoms with Gasteiger partial charge in [0.15, 0.2) is 11.6 Å². The number of hydrogen-bond acceptors (Lipinski definition) is 7. The number of ketones is 2. The maximum atomic E-state index is 12.9. The van der Waals surface area contributed by atoms with Gasteiger partial charge in [0.2, 0.25) is 0 Å². The molecule has 0 bridgehead atoms. The van der Waals surface area contributed by atoms with E-state index in [4.69, 9.17) is 4.74 Å². The smallest absolute Gasteiger partial charge is 0.331 e. The van der Waals surface area contributed by atoms with Crippen molar-refractivity contribution < 1.29 is 34.4 Å². The summed E-state index contributed by atoms with van der Waals surface area (Å²) in [6.07, 6.45) is 1.45. The molecule has 1 aliphatic carbocycles. The zero-order valence-electron chi connectivity index (χ0n) is 16.3. The molecule has 0 radical (unpaired) electrons. The Hall–Kier alpha value is -2.93. The number of phenolic OH excluding ortho intramolecular Hbond substituents is 2. The van der Waals surface area contributed by atoms with Crippen LogP contribution in [0.15, 0.2) is 35.4 Å². The van der Waals surface area contributed by atoms with Gasteiger partial charge in [-0.2, -0.15) is 0 Å². The summed E-state index contributed by atoms with van der Waals surface area (Å²) in [6.45, 7) is 6.56. The summed E-state index contributed by atoms with van der Waals surface area (Å²) < 4.78 is 5.39. The van der Waals surface area contributed by atoms with Crippen LogP contribution in [0.1, 0.15) is 61.3 Å². The summed E-state index contributed by atoms with van der Waals surface area (Å²) in [5, 5.41) is 30.0. The third kappa shape index (κ3) is 4.86. The van der Waals surface area contributed by atoms with Crippen molar-refractivity contribution in [2.75, 3.05) is 0 Å². The van der Waals surface area contributed by atoms with Crippen LogP contribution in [-0.2, 0) is 9.53 Å². The van der Waals surface area contributed by atoms with Gasteiger partial charge in [-0.3, -0.25) is 9.59 Å². The molecule has 0 spiro atoms. The second-order valence-corrected chi connectivity index (χ2v) is 7.65. The van der Waals surface area contributed by atoms with Crippen LogP contribution in [0, 0.1) is 0 Å². The van der Waals surface area contributed by atoms with E-state index in [1.165, 1.54) is 6.08 Å². The SMILES string of the molecule is CC(C)=CC(=O)OC(CCC(C)(C)O)C1=CC(=O)c2c(O)ccc(O)c2C1=O. The van der Waals surface area contributed by atoms with Crippen molar-refractivity contribution in [3.05, 3.63) is 46.6 Å². The molecule has 0 heterocycles. The maximum Gasteiger partial charge on any atom is 0.331 e. The van der Waals surface area contributed by atoms with E-state index >= 15 is 0 Å². The Morgan fingerprint density at radius 3 is 2.25 bits per heavy atom. The van der Waals surface area contributed by atoms with E-state index in [0.29, 0.717) is 5.57 Å². The quantitative estimate of drug-likeness (QED) is 0.389. The highest BCUT2D eigenvalue weighted by Crippen LogP contribution is 2.36. The van der Waals surface area contributed by atoms with Gasteiger partial charge in [-0.1, -0.05) is 5.57 Å². The third-order valence-corrected chi connectivity index (χ3v) is 4.21. The van der Waals surface area contributed by atoms with Crippen LogP contribution in [0.5, 0.6) is 11.5 Å². The minimum atomic E-state index is -1.10. The third-order valence-electron chi connectivity index (χ3n) is 4.21. The molecule has 0 aliphatic heterocycles. The van der Waals surface area contributed by atoms with Crippen molar-refractivity contribution in [1.82, 2.24) is 0 Å². The summed E-state index contributed by atoms with van der Waals surface area (Å²) >= 11 is 0. The Balaban J connectivity index is 2.46. The van der Waals surface area contributed by atoms with Crippen molar-refractivity contribution in [3.63, 3.8) is 0 Å². The number of fused-ring (bicyclic) bond motifs is 1. The van der Waals surface area contributed by atoms with E-state index in [0.717, 1.165) is 18.2 Å². The van der Waals surface area contributed by atoms with Gasteiger partial charge >= 0.3 is 5.97 Å². The zero-order valence-corrected chi connectivity index (χ0v) is 16.3. The summed E-state index contributed by atoms with van der Waals surface area (Å²) in [6, 6.07) is 2.24. The van der Waals surface area contributed by atoms with Gasteiger partial charge < -0.3 is 20.1 Å². The lowest BCUT2D eigenvalue weighted by Crippen LogP contribution is -2.31. The van der Waals surface area contributed by atoms with E-state index in [9.17, 15) is 29.7 Å². The normalized spacial score (nSPS) is 14.8. The van der Waals surface area contributed by atoms with Crippen LogP contribution >= 0.6 is 0 Å². The first-order valence-electron chi connectivity index (χ1n) is 8.84. The van der Waals surface area contributed by atoms with Crippen LogP contribution in [0.3, 0.4) is 0 Å². The molecule has 0 saturated heterocycles. The number of benzene rings is 1. The number of hydrogen-bond donors (Lipinski definition) is 3. The van der Waals surface area contributed by atoms with Crippen LogP contribution in [0.25, 0.3) is 0 Å². The number of aliphatic hydroxyl groups is 1. The highest BCUT2D eigenvalue weighted by atomic mass is 16.5. The van der Waals surface area contributed by atoms with Crippen molar-refractivity contribution in [1.29, 1.82) is 0 Å². The maximum absolute atomic E-state index is 12.9. The number of ether oxygens (including phenoxy) is 1. The fourth-order valence-electron chi connectivity index (χ4n) is 2.89. The lowest BCUT2D eigenvalue weighted by molar-refractivity contribution is -0.142. The van der Waals surface area contributed by atoms with E-state index in [1.54, 1.807) is 27.7 Å². The largest absolute Gasteiger partial charge is 0.507 e. The summed E-state index contributed by atoms with van der Waals surface area (Å²) in [5.41, 5.74) is -1.11. The van der Waals surface area contributed by atoms with Crippen molar-refractivity contribution >= 4 is 17.5 Å². The van der Waals surface area contributed by atoms with Crippen LogP contribution < -0.4 is 0 Å². The molecule has 2 rings (SSSR count). The summed E-state index contributed by atoms with van der Waals surface area (Å²) in [5.74, 6) is -2.95. The van der Waals surface area contributed by atoms with Gasteiger partial charge in [-0.25, -0.2) is 4.79 Å². The molecule has 1 aromatic carbocycles. The Morgan fingerprint density at radius 1 is 1.14 bits per heavy atom. The molecule has 1 aromatic rings. The minimum Gasteiger partial charge on any atom is -0.507 e. The van der Waals surface area contributed by atoms with E-state index < -0.39 is 40.7 Å². The predicted octanol–water partition coefficient (Wildman–Crippen LogP) is 2.83. The van der Waals surface area contributed by atoms with Crippen molar-refractivity contribution in [3.8, 4) is 11.5 Å². The zero-order chi connectivity index (χ0) is 21.2. The first kappa shape index (κ1) is 21.4. The molecule has 7 heteroatoms. The monoisotopic (exact) mass is 388 g/mol. The van der Waals surface area contributed by atoms with Gasteiger partial charge in [-0.15, -0.1) is 0 Å². The van der Waals surface area contributed by atoms with E-state index in [-0.39, 0.29) is 29.5 Å². The molecule has 1 atom stereocenters. The van der Waals surface area contributed by atoms with Crippen LogP contribution in [0.4, 0.5) is 0 Å². The molecule has 1 unspecified atom stereocenters. The molecule has 3 N–H and O–H groups in total. The van der Waals surface area contributed by atoms with Gasteiger partial charge in [0.25, 0.3) is 0 Å². The average Bonchev–Trinajstić information content (AvgIpc) is 2.55. The van der Waals surface area contributed by atoms with Crippen LogP contribution in [-0.4, -0.2) is 44.6 Å².